The molecule has 94 valence electrons. The van der Waals surface area contributed by atoms with E-state index in [1.807, 2.05) is 0 Å². The smallest absolute Gasteiger partial charge is 0.254 e. The third-order valence-electron chi connectivity index (χ3n) is 2.52. The lowest BCUT2D eigenvalue weighted by Crippen LogP contribution is -2.39. The SMILES string of the molecule is O=S(=O)(Nc1cc(Cl)ncn1)N1CCCCC1. The molecule has 0 unspecified atom stereocenters. The molecule has 1 saturated heterocycles. The highest BCUT2D eigenvalue weighted by Crippen LogP contribution is 2.16. The maximum Gasteiger partial charge on any atom is 0.302 e. The van der Waals surface area contributed by atoms with Gasteiger partial charge in [0.15, 0.2) is 0 Å². The number of anilines is 1. The fourth-order valence-corrected chi connectivity index (χ4v) is 3.08. The van der Waals surface area contributed by atoms with Crippen LogP contribution in [0.5, 0.6) is 0 Å². The van der Waals surface area contributed by atoms with Crippen LogP contribution in [0.15, 0.2) is 12.4 Å². The van der Waals surface area contributed by atoms with Crippen molar-refractivity contribution >= 4 is 27.6 Å². The van der Waals surface area contributed by atoms with Gasteiger partial charge in [-0.25, -0.2) is 9.97 Å². The standard InChI is InChI=1S/C9H13ClN4O2S/c10-8-6-9(12-7-11-8)13-17(15,16)14-4-2-1-3-5-14/h6-7H,1-5H2,(H,11,12,13). The van der Waals surface area contributed by atoms with E-state index in [0.717, 1.165) is 19.3 Å². The first-order chi connectivity index (χ1) is 8.08. The van der Waals surface area contributed by atoms with Crippen LogP contribution < -0.4 is 4.72 Å². The molecule has 1 fully saturated rings. The van der Waals surface area contributed by atoms with Crippen LogP contribution >= 0.6 is 11.6 Å². The molecule has 2 rings (SSSR count). The lowest BCUT2D eigenvalue weighted by atomic mass is 10.2. The van der Waals surface area contributed by atoms with Crippen molar-refractivity contribution in [2.45, 2.75) is 19.3 Å². The topological polar surface area (TPSA) is 75.2 Å². The Kier molecular flexibility index (Phi) is 3.80. The second-order valence-electron chi connectivity index (χ2n) is 3.79. The van der Waals surface area contributed by atoms with Gasteiger partial charge in [0.2, 0.25) is 0 Å². The van der Waals surface area contributed by atoms with Gasteiger partial charge in [0, 0.05) is 19.2 Å². The molecule has 0 aliphatic carbocycles. The number of piperidine rings is 1. The van der Waals surface area contributed by atoms with E-state index in [1.54, 1.807) is 0 Å². The minimum Gasteiger partial charge on any atom is -0.254 e. The average Bonchev–Trinajstić information content (AvgIpc) is 2.29. The molecule has 0 bridgehead atoms. The molecule has 1 aromatic heterocycles. The zero-order valence-corrected chi connectivity index (χ0v) is 10.7. The van der Waals surface area contributed by atoms with Crippen molar-refractivity contribution < 1.29 is 8.42 Å². The van der Waals surface area contributed by atoms with Crippen LogP contribution in [0.3, 0.4) is 0 Å². The van der Waals surface area contributed by atoms with E-state index in [0.29, 0.717) is 13.1 Å². The average molecular weight is 277 g/mol. The summed E-state index contributed by atoms with van der Waals surface area (Å²) in [6.45, 7) is 1.10. The van der Waals surface area contributed by atoms with Crippen molar-refractivity contribution in [3.8, 4) is 0 Å². The predicted molar refractivity (Wildman–Crippen MR) is 65.0 cm³/mol. The molecule has 0 amide bonds. The van der Waals surface area contributed by atoms with E-state index < -0.39 is 10.2 Å². The van der Waals surface area contributed by atoms with Crippen molar-refractivity contribution in [3.05, 3.63) is 17.5 Å². The van der Waals surface area contributed by atoms with Crippen LogP contribution in [0.2, 0.25) is 5.15 Å². The van der Waals surface area contributed by atoms with Crippen LogP contribution in [0, 0.1) is 0 Å². The van der Waals surface area contributed by atoms with E-state index >= 15 is 0 Å². The molecule has 1 aliphatic heterocycles. The third-order valence-corrected chi connectivity index (χ3v) is 4.24. The second kappa shape index (κ2) is 5.16. The van der Waals surface area contributed by atoms with Gasteiger partial charge in [-0.2, -0.15) is 12.7 Å². The highest BCUT2D eigenvalue weighted by atomic mass is 35.5. The van der Waals surface area contributed by atoms with Gasteiger partial charge < -0.3 is 0 Å². The molecular weight excluding hydrogens is 264 g/mol. The van der Waals surface area contributed by atoms with Gasteiger partial charge in [-0.1, -0.05) is 18.0 Å². The third kappa shape index (κ3) is 3.27. The summed E-state index contributed by atoms with van der Waals surface area (Å²) in [6.07, 6.45) is 4.08. The summed E-state index contributed by atoms with van der Waals surface area (Å²) in [7, 11) is -3.52. The molecule has 0 spiro atoms. The number of halogens is 1. The Hall–Kier alpha value is -0.920. The van der Waals surface area contributed by atoms with Gasteiger partial charge in [-0.15, -0.1) is 0 Å². The van der Waals surface area contributed by atoms with Gasteiger partial charge in [0.05, 0.1) is 0 Å². The summed E-state index contributed by atoms with van der Waals surface area (Å²) in [4.78, 5) is 7.50. The maximum absolute atomic E-state index is 12.0. The van der Waals surface area contributed by atoms with E-state index in [-0.39, 0.29) is 11.0 Å². The fraction of sp³-hybridized carbons (Fsp3) is 0.556. The Morgan fingerprint density at radius 3 is 2.59 bits per heavy atom. The summed E-state index contributed by atoms with van der Waals surface area (Å²) in [5.41, 5.74) is 0. The minimum absolute atomic E-state index is 0.190. The zero-order chi connectivity index (χ0) is 12.3. The summed E-state index contributed by atoms with van der Waals surface area (Å²) in [6, 6.07) is 1.38. The number of rotatable bonds is 3. The van der Waals surface area contributed by atoms with Crippen molar-refractivity contribution in [1.29, 1.82) is 0 Å². The molecule has 0 aromatic carbocycles. The number of nitrogens with zero attached hydrogens (tertiary/aromatic N) is 3. The van der Waals surface area contributed by atoms with Crippen LogP contribution in [-0.4, -0.2) is 35.8 Å². The molecule has 0 saturated carbocycles. The van der Waals surface area contributed by atoms with E-state index in [1.165, 1.54) is 16.7 Å². The number of aromatic nitrogens is 2. The quantitative estimate of drug-likeness (QED) is 0.844. The van der Waals surface area contributed by atoms with Gasteiger partial charge >= 0.3 is 10.2 Å². The van der Waals surface area contributed by atoms with Crippen LogP contribution in [0.1, 0.15) is 19.3 Å². The van der Waals surface area contributed by atoms with Crippen LogP contribution in [0.25, 0.3) is 0 Å². The zero-order valence-electron chi connectivity index (χ0n) is 9.13. The van der Waals surface area contributed by atoms with Gasteiger partial charge in [-0.3, -0.25) is 4.72 Å². The first-order valence-corrected chi connectivity index (χ1v) is 7.15. The van der Waals surface area contributed by atoms with Crippen molar-refractivity contribution in [2.75, 3.05) is 17.8 Å². The molecule has 1 aliphatic rings. The van der Waals surface area contributed by atoms with E-state index in [2.05, 4.69) is 14.7 Å². The number of hydrogen-bond acceptors (Lipinski definition) is 4. The Labute approximate surface area is 105 Å². The largest absolute Gasteiger partial charge is 0.302 e. The molecule has 17 heavy (non-hydrogen) atoms. The Bertz CT molecular complexity index is 488. The number of hydrogen-bond donors (Lipinski definition) is 1. The van der Waals surface area contributed by atoms with Crippen molar-refractivity contribution in [1.82, 2.24) is 14.3 Å². The lowest BCUT2D eigenvalue weighted by molar-refractivity contribution is 0.349. The summed E-state index contributed by atoms with van der Waals surface area (Å²) < 4.78 is 27.8. The van der Waals surface area contributed by atoms with Crippen molar-refractivity contribution in [3.63, 3.8) is 0 Å². The fourth-order valence-electron chi connectivity index (χ4n) is 1.69. The number of nitrogens with one attached hydrogen (secondary N) is 1. The Balaban J connectivity index is 2.11. The molecule has 2 heterocycles. The van der Waals surface area contributed by atoms with Crippen molar-refractivity contribution in [2.24, 2.45) is 0 Å². The molecule has 1 aromatic rings. The second-order valence-corrected chi connectivity index (χ2v) is 5.85. The molecule has 1 N–H and O–H groups in total. The lowest BCUT2D eigenvalue weighted by Gasteiger charge is -2.25. The summed E-state index contributed by atoms with van der Waals surface area (Å²) >= 11 is 5.66. The van der Waals surface area contributed by atoms with E-state index in [9.17, 15) is 8.42 Å². The summed E-state index contributed by atoms with van der Waals surface area (Å²) in [5, 5.41) is 0.205. The molecule has 8 heteroatoms. The van der Waals surface area contributed by atoms with Gasteiger partial charge in [0.25, 0.3) is 0 Å². The Morgan fingerprint density at radius 2 is 1.94 bits per heavy atom. The Morgan fingerprint density at radius 1 is 1.24 bits per heavy atom. The highest BCUT2D eigenvalue weighted by Gasteiger charge is 2.24. The monoisotopic (exact) mass is 276 g/mol. The normalized spacial score (nSPS) is 17.9. The van der Waals surface area contributed by atoms with Gasteiger partial charge in [-0.05, 0) is 12.8 Å². The maximum atomic E-state index is 12.0. The highest BCUT2D eigenvalue weighted by molar-refractivity contribution is 7.90. The molecule has 6 nitrogen and oxygen atoms in total. The molecule has 0 radical (unpaired) electrons. The first-order valence-electron chi connectivity index (χ1n) is 5.33. The molecular formula is C9H13ClN4O2S. The predicted octanol–water partition coefficient (Wildman–Crippen LogP) is 1.27. The molecule has 0 atom stereocenters. The van der Waals surface area contributed by atoms with Gasteiger partial charge in [0.1, 0.15) is 17.3 Å². The van der Waals surface area contributed by atoms with Crippen LogP contribution in [0.4, 0.5) is 5.82 Å². The first kappa shape index (κ1) is 12.5. The van der Waals surface area contributed by atoms with E-state index in [4.69, 9.17) is 11.6 Å². The summed E-state index contributed by atoms with van der Waals surface area (Å²) in [5.74, 6) is 0.190. The van der Waals surface area contributed by atoms with Crippen LogP contribution in [-0.2, 0) is 10.2 Å². The minimum atomic E-state index is -3.52.